The number of aromatic nitrogens is 3. The Morgan fingerprint density at radius 1 is 1.30 bits per heavy atom. The molecule has 3 rings (SSSR count). The van der Waals surface area contributed by atoms with E-state index in [-0.39, 0.29) is 5.95 Å². The molecule has 0 bridgehead atoms. The van der Waals surface area contributed by atoms with Gasteiger partial charge in [-0.05, 0) is 13.0 Å². The molecule has 0 unspecified atom stereocenters. The molecule has 0 saturated carbocycles. The van der Waals surface area contributed by atoms with Crippen LogP contribution in [0.15, 0.2) is 18.3 Å². The average molecular weight is 331 g/mol. The van der Waals surface area contributed by atoms with Crippen LogP contribution in [0.4, 0.5) is 11.1 Å². The van der Waals surface area contributed by atoms with Crippen molar-refractivity contribution < 1.29 is 9.47 Å². The van der Waals surface area contributed by atoms with Crippen LogP contribution >= 0.6 is 11.3 Å². The van der Waals surface area contributed by atoms with E-state index in [0.29, 0.717) is 12.4 Å². The minimum Gasteiger partial charge on any atom is -0.494 e. The van der Waals surface area contributed by atoms with E-state index >= 15 is 0 Å². The largest absolute Gasteiger partial charge is 0.494 e. The maximum Gasteiger partial charge on any atom is 0.220 e. The van der Waals surface area contributed by atoms with Gasteiger partial charge in [0.05, 0.1) is 17.5 Å². The summed E-state index contributed by atoms with van der Waals surface area (Å²) in [4.78, 5) is 12.5. The summed E-state index contributed by atoms with van der Waals surface area (Å²) in [7, 11) is 3.47. The van der Waals surface area contributed by atoms with Crippen molar-refractivity contribution >= 4 is 32.6 Å². The Morgan fingerprint density at radius 2 is 2.13 bits per heavy atom. The molecule has 3 aromatic rings. The van der Waals surface area contributed by atoms with Crippen molar-refractivity contribution in [3.05, 3.63) is 29.6 Å². The van der Waals surface area contributed by atoms with E-state index in [0.717, 1.165) is 32.4 Å². The molecule has 3 N–H and O–H groups in total. The predicted molar refractivity (Wildman–Crippen MR) is 91.2 cm³/mol. The number of nitrogens with two attached hydrogens (primary N) is 1. The van der Waals surface area contributed by atoms with E-state index in [4.69, 9.17) is 15.2 Å². The lowest BCUT2D eigenvalue weighted by Crippen LogP contribution is -2.03. The number of thiazole rings is 1. The highest BCUT2D eigenvalue weighted by Gasteiger charge is 2.16. The van der Waals surface area contributed by atoms with Crippen LogP contribution in [0.2, 0.25) is 0 Å². The van der Waals surface area contributed by atoms with Crippen LogP contribution in [-0.2, 0) is 6.61 Å². The van der Waals surface area contributed by atoms with Gasteiger partial charge in [-0.3, -0.25) is 0 Å². The normalized spacial score (nSPS) is 10.7. The van der Waals surface area contributed by atoms with Crippen LogP contribution in [0, 0.1) is 6.92 Å². The quantitative estimate of drug-likeness (QED) is 0.742. The van der Waals surface area contributed by atoms with Gasteiger partial charge < -0.3 is 20.5 Å². The van der Waals surface area contributed by atoms with Gasteiger partial charge in [0.2, 0.25) is 5.95 Å². The molecule has 0 fully saturated rings. The van der Waals surface area contributed by atoms with Gasteiger partial charge in [0, 0.05) is 24.9 Å². The smallest absolute Gasteiger partial charge is 0.220 e. The minimum absolute atomic E-state index is 0.233. The van der Waals surface area contributed by atoms with Crippen molar-refractivity contribution in [3.63, 3.8) is 0 Å². The number of benzene rings is 1. The first kappa shape index (κ1) is 15.3. The lowest BCUT2D eigenvalue weighted by atomic mass is 10.2. The Kier molecular flexibility index (Phi) is 4.16. The lowest BCUT2D eigenvalue weighted by molar-refractivity contribution is 0.297. The van der Waals surface area contributed by atoms with Gasteiger partial charge in [0.25, 0.3) is 0 Å². The Bertz CT molecular complexity index is 849. The van der Waals surface area contributed by atoms with Crippen LogP contribution in [0.3, 0.4) is 0 Å². The van der Waals surface area contributed by atoms with E-state index in [1.54, 1.807) is 30.7 Å². The number of nitrogens with zero attached hydrogens (tertiary/aromatic N) is 3. The second-order valence-electron chi connectivity index (χ2n) is 4.84. The number of hydrogen-bond donors (Lipinski definition) is 2. The monoisotopic (exact) mass is 331 g/mol. The Morgan fingerprint density at radius 3 is 2.83 bits per heavy atom. The third-order valence-electron chi connectivity index (χ3n) is 3.37. The predicted octanol–water partition coefficient (Wildman–Crippen LogP) is 2.61. The van der Waals surface area contributed by atoms with E-state index in [1.165, 1.54) is 0 Å². The summed E-state index contributed by atoms with van der Waals surface area (Å²) >= 11 is 1.56. The van der Waals surface area contributed by atoms with Gasteiger partial charge in [0.15, 0.2) is 5.13 Å². The first-order valence-corrected chi connectivity index (χ1v) is 7.80. The molecule has 0 saturated heterocycles. The molecule has 0 spiro atoms. The van der Waals surface area contributed by atoms with Crippen molar-refractivity contribution in [2.45, 2.75) is 13.5 Å². The van der Waals surface area contributed by atoms with Crippen LogP contribution in [0.25, 0.3) is 10.2 Å². The van der Waals surface area contributed by atoms with Crippen LogP contribution in [0.5, 0.6) is 11.5 Å². The maximum absolute atomic E-state index is 5.90. The van der Waals surface area contributed by atoms with Crippen molar-refractivity contribution in [2.75, 3.05) is 25.2 Å². The molecule has 0 aliphatic carbocycles. The molecule has 7 nitrogen and oxygen atoms in total. The van der Waals surface area contributed by atoms with Gasteiger partial charge in [-0.15, -0.1) is 0 Å². The molecular weight excluding hydrogens is 314 g/mol. The average Bonchev–Trinajstić information content (AvgIpc) is 2.99. The Hall–Kier alpha value is -2.61. The van der Waals surface area contributed by atoms with Gasteiger partial charge >= 0.3 is 0 Å². The van der Waals surface area contributed by atoms with Crippen LogP contribution < -0.4 is 20.5 Å². The number of rotatable bonds is 5. The SMILES string of the molecule is CNc1nc2c(OC)cc(OCc3ccnc(N)n3)c(C)c2s1. The molecule has 2 aromatic heterocycles. The van der Waals surface area contributed by atoms with Gasteiger partial charge in [0.1, 0.15) is 23.6 Å². The fraction of sp³-hybridized carbons (Fsp3) is 0.267. The standard InChI is InChI=1S/C15H17N5O2S/c1-8-10(22-7-9-4-5-18-14(16)19-9)6-11(21-3)12-13(8)23-15(17-2)20-12/h4-6H,7H2,1-3H3,(H,17,20)(H2,16,18,19). The molecule has 0 aliphatic rings. The van der Waals surface area contributed by atoms with Crippen LogP contribution in [-0.4, -0.2) is 29.1 Å². The van der Waals surface area contributed by atoms with Gasteiger partial charge in [-0.25, -0.2) is 15.0 Å². The summed E-state index contributed by atoms with van der Waals surface area (Å²) in [5, 5.41) is 3.89. The zero-order chi connectivity index (χ0) is 16.4. The third-order valence-corrected chi connectivity index (χ3v) is 4.57. The summed E-state index contributed by atoms with van der Waals surface area (Å²) in [6.45, 7) is 2.31. The van der Waals surface area contributed by atoms with E-state index < -0.39 is 0 Å². The number of hydrogen-bond acceptors (Lipinski definition) is 8. The van der Waals surface area contributed by atoms with E-state index in [2.05, 4.69) is 20.3 Å². The number of aryl methyl sites for hydroxylation is 1. The fourth-order valence-electron chi connectivity index (χ4n) is 2.21. The Balaban J connectivity index is 1.95. The highest BCUT2D eigenvalue weighted by molar-refractivity contribution is 7.22. The minimum atomic E-state index is 0.233. The first-order valence-electron chi connectivity index (χ1n) is 6.98. The summed E-state index contributed by atoms with van der Waals surface area (Å²) in [5.41, 5.74) is 8.15. The molecule has 23 heavy (non-hydrogen) atoms. The molecule has 8 heteroatoms. The zero-order valence-electron chi connectivity index (χ0n) is 13.1. The second kappa shape index (κ2) is 6.25. The molecular formula is C15H17N5O2S. The van der Waals surface area contributed by atoms with Crippen molar-refractivity contribution in [3.8, 4) is 11.5 Å². The molecule has 0 radical (unpaired) electrons. The summed E-state index contributed by atoms with van der Waals surface area (Å²) in [6, 6.07) is 3.62. The zero-order valence-corrected chi connectivity index (χ0v) is 13.9. The maximum atomic E-state index is 5.90. The highest BCUT2D eigenvalue weighted by atomic mass is 32.1. The fourth-order valence-corrected chi connectivity index (χ4v) is 3.14. The number of fused-ring (bicyclic) bond motifs is 1. The molecule has 0 atom stereocenters. The second-order valence-corrected chi connectivity index (χ2v) is 5.84. The highest BCUT2D eigenvalue weighted by Crippen LogP contribution is 2.40. The van der Waals surface area contributed by atoms with E-state index in [9.17, 15) is 0 Å². The molecule has 120 valence electrons. The topological polar surface area (TPSA) is 95.2 Å². The Labute approximate surface area is 137 Å². The van der Waals surface area contributed by atoms with Crippen LogP contribution in [0.1, 0.15) is 11.3 Å². The third kappa shape index (κ3) is 2.98. The van der Waals surface area contributed by atoms with Crippen molar-refractivity contribution in [1.29, 1.82) is 0 Å². The van der Waals surface area contributed by atoms with E-state index in [1.807, 2.05) is 20.0 Å². The first-order chi connectivity index (χ1) is 11.1. The van der Waals surface area contributed by atoms with Crippen molar-refractivity contribution in [1.82, 2.24) is 15.0 Å². The van der Waals surface area contributed by atoms with Crippen molar-refractivity contribution in [2.24, 2.45) is 0 Å². The molecule has 2 heterocycles. The van der Waals surface area contributed by atoms with Gasteiger partial charge in [-0.1, -0.05) is 11.3 Å². The summed E-state index contributed by atoms with van der Waals surface area (Å²) < 4.78 is 12.4. The number of ether oxygens (including phenoxy) is 2. The van der Waals surface area contributed by atoms with Gasteiger partial charge in [-0.2, -0.15) is 0 Å². The molecule has 0 amide bonds. The molecule has 0 aliphatic heterocycles. The lowest BCUT2D eigenvalue weighted by Gasteiger charge is -2.11. The molecule has 1 aromatic carbocycles. The number of nitrogens with one attached hydrogen (secondary N) is 1. The number of anilines is 2. The summed E-state index contributed by atoms with van der Waals surface area (Å²) in [6.07, 6.45) is 1.61. The number of methoxy groups -OCH3 is 1. The summed E-state index contributed by atoms with van der Waals surface area (Å²) in [5.74, 6) is 1.65. The number of nitrogen functional groups attached to an aromatic ring is 1.